The van der Waals surface area contributed by atoms with Crippen molar-refractivity contribution in [2.75, 3.05) is 11.9 Å². The molecule has 0 aliphatic rings. The van der Waals surface area contributed by atoms with Crippen molar-refractivity contribution in [3.8, 4) is 5.75 Å². The third-order valence-corrected chi connectivity index (χ3v) is 4.05. The van der Waals surface area contributed by atoms with Gasteiger partial charge in [0.15, 0.2) is 5.11 Å². The third kappa shape index (κ3) is 5.88. The second-order valence-corrected chi connectivity index (χ2v) is 6.48. The second-order valence-electron chi connectivity index (χ2n) is 5.23. The number of carbonyl (C=O) groups excluding carboxylic acids is 1. The monoisotopic (exact) mass is 396 g/mol. The predicted molar refractivity (Wildman–Crippen MR) is 107 cm³/mol. The van der Waals surface area contributed by atoms with Crippen molar-refractivity contribution in [1.29, 1.82) is 0 Å². The van der Waals surface area contributed by atoms with E-state index in [0.29, 0.717) is 28.6 Å². The minimum absolute atomic E-state index is 0.155. The Morgan fingerprint density at radius 2 is 1.96 bits per heavy atom. The zero-order valence-electron chi connectivity index (χ0n) is 13.6. The van der Waals surface area contributed by atoms with Crippen LogP contribution in [-0.2, 0) is 0 Å². The van der Waals surface area contributed by atoms with E-state index in [9.17, 15) is 4.79 Å². The Balaban J connectivity index is 2.01. The molecule has 0 saturated heterocycles. The van der Waals surface area contributed by atoms with E-state index in [0.717, 1.165) is 12.8 Å². The summed E-state index contributed by atoms with van der Waals surface area (Å²) < 4.78 is 5.73. The Labute approximate surface area is 162 Å². The van der Waals surface area contributed by atoms with Crippen LogP contribution in [0.5, 0.6) is 5.75 Å². The smallest absolute Gasteiger partial charge is 0.258 e. The van der Waals surface area contributed by atoms with E-state index in [-0.39, 0.29) is 10.1 Å². The molecule has 4 nitrogen and oxygen atoms in total. The molecule has 0 unspecified atom stereocenters. The number of benzene rings is 2. The molecule has 0 saturated carbocycles. The maximum absolute atomic E-state index is 12.3. The van der Waals surface area contributed by atoms with Gasteiger partial charge in [-0.15, -0.1) is 0 Å². The number of nitrogens with one attached hydrogen (secondary N) is 2. The van der Waals surface area contributed by atoms with Crippen molar-refractivity contribution in [3.05, 3.63) is 58.1 Å². The lowest BCUT2D eigenvalue weighted by molar-refractivity contribution is 0.0978. The number of halogens is 2. The van der Waals surface area contributed by atoms with Crippen LogP contribution < -0.4 is 15.4 Å². The van der Waals surface area contributed by atoms with Crippen molar-refractivity contribution in [3.63, 3.8) is 0 Å². The second kappa shape index (κ2) is 9.61. The fourth-order valence-corrected chi connectivity index (χ4v) is 2.72. The van der Waals surface area contributed by atoms with Crippen LogP contribution in [0.4, 0.5) is 5.69 Å². The summed E-state index contributed by atoms with van der Waals surface area (Å²) in [5, 5.41) is 6.45. The number of thiocarbonyl (C=S) groups is 1. The number of carbonyl (C=O) groups is 1. The lowest BCUT2D eigenvalue weighted by Crippen LogP contribution is -2.34. The average Bonchev–Trinajstić information content (AvgIpc) is 2.56. The standard InChI is InChI=1S/C18H18Cl2N2O2S/c1-2-3-10-24-16-7-5-4-6-15(16)21-18(25)22-17(23)13-9-8-12(19)11-14(13)20/h4-9,11H,2-3,10H2,1H3,(H2,21,22,23,25). The first-order chi connectivity index (χ1) is 12.0. The summed E-state index contributed by atoms with van der Waals surface area (Å²) in [6.45, 7) is 2.72. The number of rotatable bonds is 6. The molecule has 2 rings (SSSR count). The van der Waals surface area contributed by atoms with Crippen LogP contribution in [0.2, 0.25) is 10.0 Å². The topological polar surface area (TPSA) is 50.4 Å². The van der Waals surface area contributed by atoms with Gasteiger partial charge in [0.1, 0.15) is 5.75 Å². The van der Waals surface area contributed by atoms with Crippen LogP contribution in [0.15, 0.2) is 42.5 Å². The zero-order chi connectivity index (χ0) is 18.2. The van der Waals surface area contributed by atoms with Gasteiger partial charge in [0, 0.05) is 5.02 Å². The fourth-order valence-electron chi connectivity index (χ4n) is 2.02. The Morgan fingerprint density at radius 3 is 2.68 bits per heavy atom. The van der Waals surface area contributed by atoms with Crippen LogP contribution in [0, 0.1) is 0 Å². The number of para-hydroxylation sites is 2. The Kier molecular flexibility index (Phi) is 7.50. The number of hydrogen-bond acceptors (Lipinski definition) is 3. The first-order valence-electron chi connectivity index (χ1n) is 7.80. The molecule has 2 N–H and O–H groups in total. The molecule has 2 aromatic rings. The fraction of sp³-hybridized carbons (Fsp3) is 0.222. The molecule has 0 heterocycles. The third-order valence-electron chi connectivity index (χ3n) is 3.29. The molecule has 1 amide bonds. The van der Waals surface area contributed by atoms with E-state index in [1.165, 1.54) is 6.07 Å². The summed E-state index contributed by atoms with van der Waals surface area (Å²) in [5.41, 5.74) is 0.980. The Hall–Kier alpha value is -1.82. The number of amides is 1. The van der Waals surface area contributed by atoms with Crippen molar-refractivity contribution < 1.29 is 9.53 Å². The first-order valence-corrected chi connectivity index (χ1v) is 8.97. The highest BCUT2D eigenvalue weighted by atomic mass is 35.5. The van der Waals surface area contributed by atoms with Crippen LogP contribution >= 0.6 is 35.4 Å². The number of anilines is 1. The van der Waals surface area contributed by atoms with Gasteiger partial charge in [0.25, 0.3) is 5.91 Å². The first kappa shape index (κ1) is 19.5. The highest BCUT2D eigenvalue weighted by molar-refractivity contribution is 7.80. The molecule has 0 aliphatic heterocycles. The lowest BCUT2D eigenvalue weighted by Gasteiger charge is -2.14. The van der Waals surface area contributed by atoms with E-state index >= 15 is 0 Å². The Bertz CT molecular complexity index is 768. The van der Waals surface area contributed by atoms with Gasteiger partial charge in [0.05, 0.1) is 22.9 Å². The molecule has 7 heteroatoms. The summed E-state index contributed by atoms with van der Waals surface area (Å²) in [6, 6.07) is 12.1. The zero-order valence-corrected chi connectivity index (χ0v) is 16.0. The van der Waals surface area contributed by atoms with Crippen molar-refractivity contribution in [2.24, 2.45) is 0 Å². The molecule has 0 radical (unpaired) electrons. The van der Waals surface area contributed by atoms with E-state index in [2.05, 4.69) is 17.6 Å². The molecule has 0 bridgehead atoms. The quantitative estimate of drug-likeness (QED) is 0.513. The molecule has 0 aliphatic carbocycles. The number of ether oxygens (including phenoxy) is 1. The van der Waals surface area contributed by atoms with Crippen molar-refractivity contribution >= 4 is 52.1 Å². The number of unbranched alkanes of at least 4 members (excludes halogenated alkanes) is 1. The van der Waals surface area contributed by atoms with Crippen molar-refractivity contribution in [2.45, 2.75) is 19.8 Å². The van der Waals surface area contributed by atoms with E-state index in [1.807, 2.05) is 24.3 Å². The van der Waals surface area contributed by atoms with E-state index in [1.54, 1.807) is 12.1 Å². The summed E-state index contributed by atoms with van der Waals surface area (Å²) in [7, 11) is 0. The summed E-state index contributed by atoms with van der Waals surface area (Å²) in [6.07, 6.45) is 2.01. The normalized spacial score (nSPS) is 10.2. The molecule has 0 aromatic heterocycles. The highest BCUT2D eigenvalue weighted by Crippen LogP contribution is 2.24. The Morgan fingerprint density at radius 1 is 1.20 bits per heavy atom. The van der Waals surface area contributed by atoms with Gasteiger partial charge in [-0.1, -0.05) is 48.7 Å². The number of hydrogen-bond donors (Lipinski definition) is 2. The van der Waals surface area contributed by atoms with Gasteiger partial charge in [-0.3, -0.25) is 10.1 Å². The van der Waals surface area contributed by atoms with Gasteiger partial charge >= 0.3 is 0 Å². The molecule has 132 valence electrons. The largest absolute Gasteiger partial charge is 0.491 e. The van der Waals surface area contributed by atoms with Crippen molar-refractivity contribution in [1.82, 2.24) is 5.32 Å². The highest BCUT2D eigenvalue weighted by Gasteiger charge is 2.13. The summed E-state index contributed by atoms with van der Waals surface area (Å²) in [4.78, 5) is 12.3. The lowest BCUT2D eigenvalue weighted by atomic mass is 10.2. The molecule has 0 fully saturated rings. The summed E-state index contributed by atoms with van der Waals surface area (Å²) >= 11 is 17.1. The van der Waals surface area contributed by atoms with Crippen LogP contribution in [-0.4, -0.2) is 17.6 Å². The van der Waals surface area contributed by atoms with Gasteiger partial charge in [-0.05, 0) is 49.0 Å². The summed E-state index contributed by atoms with van der Waals surface area (Å²) in [5.74, 6) is 0.264. The van der Waals surface area contributed by atoms with Gasteiger partial charge in [-0.25, -0.2) is 0 Å². The maximum Gasteiger partial charge on any atom is 0.258 e. The molecule has 25 heavy (non-hydrogen) atoms. The molecule has 0 atom stereocenters. The van der Waals surface area contributed by atoms with E-state index in [4.69, 9.17) is 40.2 Å². The van der Waals surface area contributed by atoms with E-state index < -0.39 is 5.91 Å². The molecule has 2 aromatic carbocycles. The van der Waals surface area contributed by atoms with Gasteiger partial charge in [0.2, 0.25) is 0 Å². The van der Waals surface area contributed by atoms with Crippen LogP contribution in [0.25, 0.3) is 0 Å². The van der Waals surface area contributed by atoms with Crippen LogP contribution in [0.1, 0.15) is 30.1 Å². The molecular formula is C18H18Cl2N2O2S. The minimum atomic E-state index is -0.413. The average molecular weight is 397 g/mol. The van der Waals surface area contributed by atoms with Gasteiger partial charge < -0.3 is 10.1 Å². The predicted octanol–water partition coefficient (Wildman–Crippen LogP) is 5.30. The van der Waals surface area contributed by atoms with Crippen LogP contribution in [0.3, 0.4) is 0 Å². The molecular weight excluding hydrogens is 379 g/mol. The molecule has 0 spiro atoms. The maximum atomic E-state index is 12.3. The SMILES string of the molecule is CCCCOc1ccccc1NC(=S)NC(=O)c1ccc(Cl)cc1Cl. The van der Waals surface area contributed by atoms with Gasteiger partial charge in [-0.2, -0.15) is 0 Å². The minimum Gasteiger partial charge on any atom is -0.491 e.